The lowest BCUT2D eigenvalue weighted by atomic mass is 10.0. The van der Waals surface area contributed by atoms with Crippen LogP contribution in [-0.2, 0) is 11.3 Å². The van der Waals surface area contributed by atoms with Crippen molar-refractivity contribution in [2.45, 2.75) is 26.4 Å². The Kier molecular flexibility index (Phi) is 6.39. The summed E-state index contributed by atoms with van der Waals surface area (Å²) in [4.78, 5) is 25.0. The van der Waals surface area contributed by atoms with E-state index >= 15 is 0 Å². The molecule has 1 aromatic heterocycles. The monoisotopic (exact) mass is 394 g/mol. The molecule has 0 fully saturated rings. The fraction of sp³-hybridized carbons (Fsp3) is 0.227. The minimum absolute atomic E-state index is 0.119. The summed E-state index contributed by atoms with van der Waals surface area (Å²) in [6.45, 7) is 3.99. The molecule has 2 N–H and O–H groups in total. The van der Waals surface area contributed by atoms with Gasteiger partial charge in [0.2, 0.25) is 5.91 Å². The summed E-state index contributed by atoms with van der Waals surface area (Å²) in [6.07, 6.45) is 3.53. The molecule has 2 amide bonds. The van der Waals surface area contributed by atoms with Crippen LogP contribution in [-0.4, -0.2) is 27.6 Å². The Morgan fingerprint density at radius 3 is 2.41 bits per heavy atom. The molecule has 1 atom stereocenters. The first-order valence-electron chi connectivity index (χ1n) is 9.37. The molecular weight excluding hydrogens is 371 g/mol. The van der Waals surface area contributed by atoms with Crippen LogP contribution in [0.5, 0.6) is 0 Å². The molecule has 0 saturated carbocycles. The molecular formula is C22H23FN4O2. The number of amides is 2. The van der Waals surface area contributed by atoms with Crippen molar-refractivity contribution in [3.8, 4) is 5.69 Å². The molecule has 2 aromatic carbocycles. The van der Waals surface area contributed by atoms with E-state index in [0.717, 1.165) is 11.3 Å². The van der Waals surface area contributed by atoms with Crippen LogP contribution in [0.25, 0.3) is 5.69 Å². The van der Waals surface area contributed by atoms with E-state index in [1.807, 2.05) is 50.4 Å². The number of aromatic nitrogens is 2. The Bertz CT molecular complexity index is 968. The standard InChI is InChI=1S/C22H23FN4O2/c1-15(2)20(26-21(28)17-8-10-18(23)11-9-17)22(29)24-12-16-13-25-27(14-16)19-6-4-3-5-7-19/h3-11,13-15,20H,12H2,1-2H3,(H,24,29)(H,26,28). The summed E-state index contributed by atoms with van der Waals surface area (Å²) in [5.74, 6) is -1.25. The number of halogens is 1. The molecule has 0 bridgehead atoms. The predicted molar refractivity (Wildman–Crippen MR) is 108 cm³/mol. The van der Waals surface area contributed by atoms with Crippen molar-refractivity contribution in [2.24, 2.45) is 5.92 Å². The third kappa shape index (κ3) is 5.28. The molecule has 1 unspecified atom stereocenters. The molecule has 7 heteroatoms. The van der Waals surface area contributed by atoms with Gasteiger partial charge in [0.15, 0.2) is 0 Å². The molecule has 150 valence electrons. The molecule has 3 aromatic rings. The number of carbonyl (C=O) groups excluding carboxylic acids is 2. The van der Waals surface area contributed by atoms with Crippen LogP contribution >= 0.6 is 0 Å². The van der Waals surface area contributed by atoms with Gasteiger partial charge in [0, 0.05) is 23.9 Å². The highest BCUT2D eigenvalue weighted by atomic mass is 19.1. The quantitative estimate of drug-likeness (QED) is 0.647. The van der Waals surface area contributed by atoms with Gasteiger partial charge in [-0.3, -0.25) is 9.59 Å². The number of benzene rings is 2. The van der Waals surface area contributed by atoms with E-state index in [9.17, 15) is 14.0 Å². The van der Waals surface area contributed by atoms with E-state index in [1.54, 1.807) is 10.9 Å². The Labute approximate surface area is 168 Å². The minimum atomic E-state index is -0.711. The molecule has 0 saturated heterocycles. The Morgan fingerprint density at radius 1 is 1.07 bits per heavy atom. The Morgan fingerprint density at radius 2 is 1.76 bits per heavy atom. The molecule has 0 aliphatic heterocycles. The van der Waals surface area contributed by atoms with Gasteiger partial charge in [0.1, 0.15) is 11.9 Å². The summed E-state index contributed by atoms with van der Waals surface area (Å²) in [5, 5.41) is 9.87. The van der Waals surface area contributed by atoms with E-state index in [2.05, 4.69) is 15.7 Å². The van der Waals surface area contributed by atoms with Gasteiger partial charge in [-0.1, -0.05) is 32.0 Å². The molecule has 1 heterocycles. The van der Waals surface area contributed by atoms with Gasteiger partial charge in [0.25, 0.3) is 5.91 Å². The number of hydrogen-bond acceptors (Lipinski definition) is 3. The van der Waals surface area contributed by atoms with Crippen molar-refractivity contribution < 1.29 is 14.0 Å². The van der Waals surface area contributed by atoms with Crippen molar-refractivity contribution >= 4 is 11.8 Å². The van der Waals surface area contributed by atoms with Crippen LogP contribution in [0.15, 0.2) is 67.0 Å². The average molecular weight is 394 g/mol. The van der Waals surface area contributed by atoms with E-state index in [-0.39, 0.29) is 11.8 Å². The smallest absolute Gasteiger partial charge is 0.251 e. The summed E-state index contributed by atoms with van der Waals surface area (Å²) in [5.41, 5.74) is 2.07. The number of nitrogens with one attached hydrogen (secondary N) is 2. The van der Waals surface area contributed by atoms with Gasteiger partial charge >= 0.3 is 0 Å². The number of nitrogens with zero attached hydrogens (tertiary/aromatic N) is 2. The van der Waals surface area contributed by atoms with Crippen molar-refractivity contribution in [3.63, 3.8) is 0 Å². The zero-order valence-electron chi connectivity index (χ0n) is 16.3. The highest BCUT2D eigenvalue weighted by Crippen LogP contribution is 2.09. The third-order valence-corrected chi connectivity index (χ3v) is 4.47. The summed E-state index contributed by atoms with van der Waals surface area (Å²) >= 11 is 0. The van der Waals surface area contributed by atoms with E-state index in [0.29, 0.717) is 12.1 Å². The SMILES string of the molecule is CC(C)C(NC(=O)c1ccc(F)cc1)C(=O)NCc1cnn(-c2ccccc2)c1. The number of hydrogen-bond donors (Lipinski definition) is 2. The topological polar surface area (TPSA) is 76.0 Å². The Balaban J connectivity index is 1.60. The molecule has 6 nitrogen and oxygen atoms in total. The summed E-state index contributed by atoms with van der Waals surface area (Å²) in [7, 11) is 0. The number of rotatable bonds is 7. The largest absolute Gasteiger partial charge is 0.350 e. The average Bonchev–Trinajstić information content (AvgIpc) is 3.20. The van der Waals surface area contributed by atoms with Crippen LogP contribution in [0.2, 0.25) is 0 Å². The predicted octanol–water partition coefficient (Wildman–Crippen LogP) is 3.08. The van der Waals surface area contributed by atoms with Crippen LogP contribution in [0.1, 0.15) is 29.8 Å². The lowest BCUT2D eigenvalue weighted by Crippen LogP contribution is -2.49. The summed E-state index contributed by atoms with van der Waals surface area (Å²) in [6, 6.07) is 14.1. The maximum absolute atomic E-state index is 13.0. The van der Waals surface area contributed by atoms with E-state index in [1.165, 1.54) is 24.3 Å². The normalized spacial score (nSPS) is 11.9. The first-order valence-corrected chi connectivity index (χ1v) is 9.37. The maximum Gasteiger partial charge on any atom is 0.251 e. The fourth-order valence-corrected chi connectivity index (χ4v) is 2.83. The zero-order valence-corrected chi connectivity index (χ0v) is 16.3. The second-order valence-corrected chi connectivity index (χ2v) is 7.05. The molecule has 3 rings (SSSR count). The fourth-order valence-electron chi connectivity index (χ4n) is 2.83. The van der Waals surface area contributed by atoms with Gasteiger partial charge in [-0.15, -0.1) is 0 Å². The van der Waals surface area contributed by atoms with Gasteiger partial charge in [-0.2, -0.15) is 5.10 Å². The number of carbonyl (C=O) groups is 2. The first-order chi connectivity index (χ1) is 13.9. The van der Waals surface area contributed by atoms with Gasteiger partial charge in [-0.25, -0.2) is 9.07 Å². The second kappa shape index (κ2) is 9.14. The van der Waals surface area contributed by atoms with Crippen LogP contribution in [0, 0.1) is 11.7 Å². The van der Waals surface area contributed by atoms with Crippen LogP contribution < -0.4 is 10.6 Å². The third-order valence-electron chi connectivity index (χ3n) is 4.47. The molecule has 0 aliphatic carbocycles. The van der Waals surface area contributed by atoms with Gasteiger partial charge < -0.3 is 10.6 Å². The lowest BCUT2D eigenvalue weighted by Gasteiger charge is -2.21. The lowest BCUT2D eigenvalue weighted by molar-refractivity contribution is -0.124. The molecule has 0 radical (unpaired) electrons. The molecule has 0 aliphatic rings. The van der Waals surface area contributed by atoms with Crippen LogP contribution in [0.3, 0.4) is 0 Å². The molecule has 0 spiro atoms. The molecule has 29 heavy (non-hydrogen) atoms. The van der Waals surface area contributed by atoms with E-state index in [4.69, 9.17) is 0 Å². The zero-order chi connectivity index (χ0) is 20.8. The van der Waals surface area contributed by atoms with Gasteiger partial charge in [0.05, 0.1) is 11.9 Å². The first kappa shape index (κ1) is 20.3. The van der Waals surface area contributed by atoms with Crippen molar-refractivity contribution in [3.05, 3.63) is 83.9 Å². The second-order valence-electron chi connectivity index (χ2n) is 7.05. The highest BCUT2D eigenvalue weighted by Gasteiger charge is 2.24. The number of para-hydroxylation sites is 1. The van der Waals surface area contributed by atoms with Crippen molar-refractivity contribution in [2.75, 3.05) is 0 Å². The van der Waals surface area contributed by atoms with Crippen molar-refractivity contribution in [1.29, 1.82) is 0 Å². The van der Waals surface area contributed by atoms with Gasteiger partial charge in [-0.05, 0) is 42.3 Å². The highest BCUT2D eigenvalue weighted by molar-refractivity contribution is 5.97. The van der Waals surface area contributed by atoms with Crippen LogP contribution in [0.4, 0.5) is 4.39 Å². The minimum Gasteiger partial charge on any atom is -0.350 e. The maximum atomic E-state index is 13.0. The Hall–Kier alpha value is -3.48. The van der Waals surface area contributed by atoms with Crippen molar-refractivity contribution in [1.82, 2.24) is 20.4 Å². The van der Waals surface area contributed by atoms with E-state index < -0.39 is 17.8 Å². The summed E-state index contributed by atoms with van der Waals surface area (Å²) < 4.78 is 14.8.